The predicted octanol–water partition coefficient (Wildman–Crippen LogP) is 2.02. The summed E-state index contributed by atoms with van der Waals surface area (Å²) in [5.41, 5.74) is 0.0938. The third kappa shape index (κ3) is 3.58. The van der Waals surface area contributed by atoms with Crippen LogP contribution in [0.1, 0.15) is 45.4 Å². The van der Waals surface area contributed by atoms with Crippen molar-refractivity contribution in [3.05, 3.63) is 12.2 Å². The minimum Gasteiger partial charge on any atom is -0.378 e. The van der Waals surface area contributed by atoms with E-state index in [1.165, 1.54) is 19.3 Å². The number of rotatable bonds is 8. The van der Waals surface area contributed by atoms with Gasteiger partial charge in [-0.25, -0.2) is 9.67 Å². The van der Waals surface area contributed by atoms with E-state index < -0.39 is 0 Å². The van der Waals surface area contributed by atoms with E-state index in [1.54, 1.807) is 6.33 Å². The second kappa shape index (κ2) is 6.68. The van der Waals surface area contributed by atoms with Gasteiger partial charge in [-0.05, 0) is 38.6 Å². The SMILES string of the molecule is CNC(Cc1ncnn1CC(C)C)CC1(OC)CCC1. The molecule has 1 saturated carbocycles. The summed E-state index contributed by atoms with van der Waals surface area (Å²) in [5, 5.41) is 7.76. The Labute approximate surface area is 122 Å². The lowest BCUT2D eigenvalue weighted by atomic mass is 9.75. The molecule has 114 valence electrons. The Balaban J connectivity index is 1.97. The van der Waals surface area contributed by atoms with Crippen LogP contribution in [0.2, 0.25) is 0 Å². The fraction of sp³-hybridized carbons (Fsp3) is 0.867. The van der Waals surface area contributed by atoms with Gasteiger partial charge < -0.3 is 10.1 Å². The van der Waals surface area contributed by atoms with Crippen LogP contribution >= 0.6 is 0 Å². The number of methoxy groups -OCH3 is 1. The van der Waals surface area contributed by atoms with E-state index in [-0.39, 0.29) is 5.60 Å². The van der Waals surface area contributed by atoms with Crippen LogP contribution in [0.4, 0.5) is 0 Å². The number of aromatic nitrogens is 3. The monoisotopic (exact) mass is 280 g/mol. The van der Waals surface area contributed by atoms with Gasteiger partial charge in [-0.3, -0.25) is 0 Å². The van der Waals surface area contributed by atoms with Crippen LogP contribution in [0.25, 0.3) is 0 Å². The Hall–Kier alpha value is -0.940. The molecular formula is C15H28N4O. The highest BCUT2D eigenvalue weighted by Crippen LogP contribution is 2.39. The van der Waals surface area contributed by atoms with Gasteiger partial charge in [-0.1, -0.05) is 13.8 Å². The maximum absolute atomic E-state index is 5.74. The summed E-state index contributed by atoms with van der Waals surface area (Å²) in [7, 11) is 3.86. The van der Waals surface area contributed by atoms with Crippen molar-refractivity contribution in [3.63, 3.8) is 0 Å². The highest BCUT2D eigenvalue weighted by atomic mass is 16.5. The minimum absolute atomic E-state index is 0.0938. The van der Waals surface area contributed by atoms with Crippen molar-refractivity contribution in [1.29, 1.82) is 0 Å². The lowest BCUT2D eigenvalue weighted by Crippen LogP contribution is -2.46. The second-order valence-electron chi connectivity index (χ2n) is 6.39. The van der Waals surface area contributed by atoms with Crippen molar-refractivity contribution >= 4 is 0 Å². The first-order valence-electron chi connectivity index (χ1n) is 7.67. The maximum Gasteiger partial charge on any atom is 0.138 e. The van der Waals surface area contributed by atoms with E-state index >= 15 is 0 Å². The van der Waals surface area contributed by atoms with Crippen molar-refractivity contribution in [1.82, 2.24) is 20.1 Å². The summed E-state index contributed by atoms with van der Waals surface area (Å²) in [6.45, 7) is 5.34. The van der Waals surface area contributed by atoms with Gasteiger partial charge in [0.25, 0.3) is 0 Å². The van der Waals surface area contributed by atoms with Crippen molar-refractivity contribution < 1.29 is 4.74 Å². The Morgan fingerprint density at radius 2 is 2.20 bits per heavy atom. The molecule has 1 aromatic rings. The first kappa shape index (κ1) is 15.4. The second-order valence-corrected chi connectivity index (χ2v) is 6.39. The molecule has 1 aliphatic rings. The highest BCUT2D eigenvalue weighted by molar-refractivity contribution is 4.97. The molecule has 0 spiro atoms. The molecule has 1 aliphatic carbocycles. The average Bonchev–Trinajstić information content (AvgIpc) is 2.78. The summed E-state index contributed by atoms with van der Waals surface area (Å²) >= 11 is 0. The van der Waals surface area contributed by atoms with Crippen molar-refractivity contribution in [2.75, 3.05) is 14.2 Å². The van der Waals surface area contributed by atoms with Gasteiger partial charge in [-0.15, -0.1) is 0 Å². The quantitative estimate of drug-likeness (QED) is 0.791. The Morgan fingerprint density at radius 3 is 2.70 bits per heavy atom. The molecule has 0 aliphatic heterocycles. The molecule has 0 aromatic carbocycles. The Bertz CT molecular complexity index is 406. The van der Waals surface area contributed by atoms with Crippen LogP contribution in [0.15, 0.2) is 6.33 Å². The van der Waals surface area contributed by atoms with Crippen molar-refractivity contribution in [3.8, 4) is 0 Å². The first-order chi connectivity index (χ1) is 9.58. The fourth-order valence-corrected chi connectivity index (χ4v) is 2.95. The molecule has 0 radical (unpaired) electrons. The molecule has 2 rings (SSSR count). The fourth-order valence-electron chi connectivity index (χ4n) is 2.95. The lowest BCUT2D eigenvalue weighted by molar-refractivity contribution is -0.0831. The number of ether oxygens (including phenoxy) is 1. The van der Waals surface area contributed by atoms with E-state index in [0.717, 1.165) is 25.2 Å². The van der Waals surface area contributed by atoms with E-state index in [2.05, 4.69) is 29.2 Å². The molecule has 1 fully saturated rings. The maximum atomic E-state index is 5.74. The largest absolute Gasteiger partial charge is 0.378 e. The van der Waals surface area contributed by atoms with Crippen LogP contribution in [-0.2, 0) is 17.7 Å². The van der Waals surface area contributed by atoms with Crippen LogP contribution in [-0.4, -0.2) is 40.6 Å². The normalized spacial score (nSPS) is 19.1. The van der Waals surface area contributed by atoms with Gasteiger partial charge in [0.05, 0.1) is 5.60 Å². The predicted molar refractivity (Wildman–Crippen MR) is 79.6 cm³/mol. The van der Waals surface area contributed by atoms with Gasteiger partial charge in [0.15, 0.2) is 0 Å². The smallest absolute Gasteiger partial charge is 0.138 e. The molecule has 0 saturated heterocycles. The van der Waals surface area contributed by atoms with Crippen molar-refractivity contribution in [2.45, 2.75) is 64.1 Å². The summed E-state index contributed by atoms with van der Waals surface area (Å²) in [6, 6.07) is 0.394. The number of nitrogens with zero attached hydrogens (tertiary/aromatic N) is 3. The molecule has 5 nitrogen and oxygen atoms in total. The topological polar surface area (TPSA) is 52.0 Å². The van der Waals surface area contributed by atoms with E-state index in [4.69, 9.17) is 4.74 Å². The molecule has 1 heterocycles. The van der Waals surface area contributed by atoms with E-state index in [1.807, 2.05) is 18.8 Å². The molecule has 1 aromatic heterocycles. The standard InChI is InChI=1S/C15H28N4O/c1-12(2)10-19-14(17-11-18-19)8-13(16-3)9-15(20-4)6-5-7-15/h11-13,16H,5-10H2,1-4H3. The third-order valence-electron chi connectivity index (χ3n) is 4.39. The molecule has 1 unspecified atom stereocenters. The summed E-state index contributed by atoms with van der Waals surface area (Å²) in [4.78, 5) is 4.43. The molecule has 1 atom stereocenters. The zero-order valence-corrected chi connectivity index (χ0v) is 13.2. The van der Waals surface area contributed by atoms with Gasteiger partial charge in [0.2, 0.25) is 0 Å². The molecular weight excluding hydrogens is 252 g/mol. The molecule has 1 N–H and O–H groups in total. The number of likely N-dealkylation sites (N-methyl/N-ethyl adjacent to an activating group) is 1. The average molecular weight is 280 g/mol. The molecule has 20 heavy (non-hydrogen) atoms. The summed E-state index contributed by atoms with van der Waals surface area (Å²) < 4.78 is 7.77. The molecule has 0 amide bonds. The zero-order valence-electron chi connectivity index (χ0n) is 13.2. The Kier molecular flexibility index (Phi) is 5.16. The van der Waals surface area contributed by atoms with Gasteiger partial charge in [0.1, 0.15) is 12.2 Å². The van der Waals surface area contributed by atoms with Crippen LogP contribution in [0.3, 0.4) is 0 Å². The minimum atomic E-state index is 0.0938. The van der Waals surface area contributed by atoms with Gasteiger partial charge in [-0.2, -0.15) is 5.10 Å². The van der Waals surface area contributed by atoms with Crippen LogP contribution in [0, 0.1) is 5.92 Å². The zero-order chi connectivity index (χ0) is 14.6. The van der Waals surface area contributed by atoms with Crippen LogP contribution < -0.4 is 5.32 Å². The van der Waals surface area contributed by atoms with Crippen molar-refractivity contribution in [2.24, 2.45) is 5.92 Å². The lowest BCUT2D eigenvalue weighted by Gasteiger charge is -2.42. The number of hydrogen-bond acceptors (Lipinski definition) is 4. The summed E-state index contributed by atoms with van der Waals surface area (Å²) in [5.74, 6) is 1.66. The van der Waals surface area contributed by atoms with Gasteiger partial charge >= 0.3 is 0 Å². The summed E-state index contributed by atoms with van der Waals surface area (Å²) in [6.07, 6.45) is 7.28. The molecule has 0 bridgehead atoms. The van der Waals surface area contributed by atoms with E-state index in [0.29, 0.717) is 12.0 Å². The Morgan fingerprint density at radius 1 is 1.45 bits per heavy atom. The van der Waals surface area contributed by atoms with Gasteiger partial charge in [0, 0.05) is 26.1 Å². The van der Waals surface area contributed by atoms with E-state index in [9.17, 15) is 0 Å². The third-order valence-corrected chi connectivity index (χ3v) is 4.39. The number of hydrogen-bond donors (Lipinski definition) is 1. The van der Waals surface area contributed by atoms with Crippen LogP contribution in [0.5, 0.6) is 0 Å². The first-order valence-corrected chi connectivity index (χ1v) is 7.67. The highest BCUT2D eigenvalue weighted by Gasteiger charge is 2.38. The number of nitrogens with one attached hydrogen (secondary N) is 1. The molecule has 5 heteroatoms.